The Morgan fingerprint density at radius 2 is 2.15 bits per heavy atom. The molecule has 0 unspecified atom stereocenters. The van der Waals surface area contributed by atoms with Gasteiger partial charge in [-0.25, -0.2) is 4.98 Å². The number of allylic oxidation sites excluding steroid dienone is 1. The molecule has 1 amide bonds. The van der Waals surface area contributed by atoms with Crippen LogP contribution in [0.15, 0.2) is 36.1 Å². The average Bonchev–Trinajstić information content (AvgIpc) is 3.06. The standard InChI is InChI=1S/C18H22ClN5OS/c1-2-10-24-17(13-6-4-3-5-7-13)22-23-18(24)26-12-16(25)21-15-9-8-14(19)11-20-15/h2,8-9,11,13H,1,3-7,10,12H2,(H,20,21,25). The molecule has 1 aliphatic carbocycles. The maximum Gasteiger partial charge on any atom is 0.236 e. The molecule has 0 aliphatic heterocycles. The number of hydrogen-bond acceptors (Lipinski definition) is 5. The van der Waals surface area contributed by atoms with Gasteiger partial charge >= 0.3 is 0 Å². The number of hydrogen-bond donors (Lipinski definition) is 1. The summed E-state index contributed by atoms with van der Waals surface area (Å²) in [4.78, 5) is 16.2. The van der Waals surface area contributed by atoms with Crippen LogP contribution < -0.4 is 5.32 Å². The first-order valence-electron chi connectivity index (χ1n) is 8.75. The smallest absolute Gasteiger partial charge is 0.236 e. The molecule has 1 fully saturated rings. The van der Waals surface area contributed by atoms with Gasteiger partial charge in [0.15, 0.2) is 5.16 Å². The Balaban J connectivity index is 1.63. The SMILES string of the molecule is C=CCn1c(SCC(=O)Nc2ccc(Cl)cn2)nnc1C1CCCCC1. The first kappa shape index (κ1) is 18.9. The maximum absolute atomic E-state index is 12.2. The molecule has 6 nitrogen and oxygen atoms in total. The normalized spacial score (nSPS) is 15.0. The summed E-state index contributed by atoms with van der Waals surface area (Å²) in [5.41, 5.74) is 0. The number of pyridine rings is 1. The van der Waals surface area contributed by atoms with Crippen LogP contribution in [0, 0.1) is 0 Å². The van der Waals surface area contributed by atoms with Crippen molar-refractivity contribution in [3.63, 3.8) is 0 Å². The lowest BCUT2D eigenvalue weighted by Gasteiger charge is -2.21. The summed E-state index contributed by atoms with van der Waals surface area (Å²) in [5.74, 6) is 2.06. The van der Waals surface area contributed by atoms with Crippen molar-refractivity contribution in [1.29, 1.82) is 0 Å². The van der Waals surface area contributed by atoms with E-state index in [0.717, 1.165) is 23.8 Å². The molecular weight excluding hydrogens is 370 g/mol. The number of thioether (sulfide) groups is 1. The van der Waals surface area contributed by atoms with E-state index in [4.69, 9.17) is 11.6 Å². The highest BCUT2D eigenvalue weighted by Crippen LogP contribution is 2.33. The van der Waals surface area contributed by atoms with Gasteiger partial charge in [-0.3, -0.25) is 4.79 Å². The summed E-state index contributed by atoms with van der Waals surface area (Å²) < 4.78 is 2.08. The molecule has 0 aromatic carbocycles. The van der Waals surface area contributed by atoms with Crippen LogP contribution in [0.4, 0.5) is 5.82 Å². The number of nitrogens with one attached hydrogen (secondary N) is 1. The lowest BCUT2D eigenvalue weighted by atomic mass is 9.89. The number of carbonyl (C=O) groups excluding carboxylic acids is 1. The van der Waals surface area contributed by atoms with Gasteiger partial charge in [0.05, 0.1) is 10.8 Å². The third kappa shape index (κ3) is 4.86. The highest BCUT2D eigenvalue weighted by Gasteiger charge is 2.23. The number of carbonyl (C=O) groups is 1. The summed E-state index contributed by atoms with van der Waals surface area (Å²) in [5, 5.41) is 12.8. The monoisotopic (exact) mass is 391 g/mol. The minimum absolute atomic E-state index is 0.141. The zero-order valence-electron chi connectivity index (χ0n) is 14.5. The molecule has 2 aromatic rings. The van der Waals surface area contributed by atoms with E-state index in [0.29, 0.717) is 23.3 Å². The van der Waals surface area contributed by atoms with Gasteiger partial charge in [-0.05, 0) is 25.0 Å². The summed E-state index contributed by atoms with van der Waals surface area (Å²) in [6.45, 7) is 4.49. The van der Waals surface area contributed by atoms with Gasteiger partial charge in [0.2, 0.25) is 5.91 Å². The zero-order chi connectivity index (χ0) is 18.4. The average molecular weight is 392 g/mol. The second kappa shape index (κ2) is 9.19. The van der Waals surface area contributed by atoms with E-state index >= 15 is 0 Å². The van der Waals surface area contributed by atoms with Crippen molar-refractivity contribution < 1.29 is 4.79 Å². The van der Waals surface area contributed by atoms with Crippen molar-refractivity contribution in [2.45, 2.75) is 49.7 Å². The number of halogens is 1. The molecule has 3 rings (SSSR count). The molecule has 0 spiro atoms. The van der Waals surface area contributed by atoms with Gasteiger partial charge in [-0.15, -0.1) is 16.8 Å². The number of amides is 1. The topological polar surface area (TPSA) is 72.7 Å². The van der Waals surface area contributed by atoms with E-state index in [2.05, 4.69) is 31.6 Å². The molecule has 8 heteroatoms. The molecule has 138 valence electrons. The van der Waals surface area contributed by atoms with Crippen molar-refractivity contribution in [3.8, 4) is 0 Å². The largest absolute Gasteiger partial charge is 0.310 e. The quantitative estimate of drug-likeness (QED) is 0.563. The lowest BCUT2D eigenvalue weighted by molar-refractivity contribution is -0.113. The Bertz CT molecular complexity index is 755. The zero-order valence-corrected chi connectivity index (χ0v) is 16.1. The first-order chi connectivity index (χ1) is 12.7. The Morgan fingerprint density at radius 3 is 2.85 bits per heavy atom. The van der Waals surface area contributed by atoms with E-state index in [1.54, 1.807) is 12.1 Å². The van der Waals surface area contributed by atoms with E-state index < -0.39 is 0 Å². The first-order valence-corrected chi connectivity index (χ1v) is 10.1. The Morgan fingerprint density at radius 1 is 1.35 bits per heavy atom. The van der Waals surface area contributed by atoms with Crippen molar-refractivity contribution in [2.75, 3.05) is 11.1 Å². The number of nitrogens with zero attached hydrogens (tertiary/aromatic N) is 4. The van der Waals surface area contributed by atoms with E-state index in [-0.39, 0.29) is 11.7 Å². The van der Waals surface area contributed by atoms with Crippen LogP contribution in [0.3, 0.4) is 0 Å². The predicted octanol–water partition coefficient (Wildman–Crippen LogP) is 4.29. The highest BCUT2D eigenvalue weighted by molar-refractivity contribution is 7.99. The molecule has 1 aliphatic rings. The lowest BCUT2D eigenvalue weighted by Crippen LogP contribution is -2.16. The Kier molecular flexibility index (Phi) is 6.68. The molecule has 0 bridgehead atoms. The highest BCUT2D eigenvalue weighted by atomic mass is 35.5. The van der Waals surface area contributed by atoms with Gasteiger partial charge in [-0.2, -0.15) is 0 Å². The summed E-state index contributed by atoms with van der Waals surface area (Å²) >= 11 is 7.18. The molecule has 2 heterocycles. The van der Waals surface area contributed by atoms with Crippen LogP contribution in [-0.4, -0.2) is 31.4 Å². The van der Waals surface area contributed by atoms with Crippen LogP contribution in [0.5, 0.6) is 0 Å². The van der Waals surface area contributed by atoms with Crippen molar-refractivity contribution in [3.05, 3.63) is 41.8 Å². The number of anilines is 1. The summed E-state index contributed by atoms with van der Waals surface area (Å²) in [7, 11) is 0. The Hall–Kier alpha value is -1.86. The number of rotatable bonds is 7. The third-order valence-corrected chi connectivity index (χ3v) is 5.55. The van der Waals surface area contributed by atoms with Gasteiger partial charge < -0.3 is 9.88 Å². The van der Waals surface area contributed by atoms with Gasteiger partial charge in [0, 0.05) is 18.7 Å². The summed E-state index contributed by atoms with van der Waals surface area (Å²) in [6.07, 6.45) is 9.44. The van der Waals surface area contributed by atoms with Gasteiger partial charge in [0.1, 0.15) is 11.6 Å². The molecule has 0 radical (unpaired) electrons. The van der Waals surface area contributed by atoms with Crippen molar-refractivity contribution in [2.24, 2.45) is 0 Å². The van der Waals surface area contributed by atoms with E-state index in [1.807, 2.05) is 6.08 Å². The second-order valence-electron chi connectivity index (χ2n) is 6.27. The van der Waals surface area contributed by atoms with Crippen molar-refractivity contribution in [1.82, 2.24) is 19.7 Å². The van der Waals surface area contributed by atoms with Crippen LogP contribution in [0.25, 0.3) is 0 Å². The van der Waals surface area contributed by atoms with E-state index in [1.165, 1.54) is 37.2 Å². The van der Waals surface area contributed by atoms with Gasteiger partial charge in [0.25, 0.3) is 0 Å². The Labute approximate surface area is 162 Å². The molecular formula is C18H22ClN5OS. The minimum atomic E-state index is -0.141. The van der Waals surface area contributed by atoms with Crippen molar-refractivity contribution >= 4 is 35.1 Å². The third-order valence-electron chi connectivity index (χ3n) is 4.35. The van der Waals surface area contributed by atoms with Crippen LogP contribution in [0.2, 0.25) is 5.02 Å². The number of aromatic nitrogens is 4. The fourth-order valence-electron chi connectivity index (χ4n) is 3.13. The molecule has 0 saturated heterocycles. The van der Waals surface area contributed by atoms with Gasteiger partial charge in [-0.1, -0.05) is 48.7 Å². The molecule has 2 aromatic heterocycles. The second-order valence-corrected chi connectivity index (χ2v) is 7.65. The van der Waals surface area contributed by atoms with Crippen LogP contribution >= 0.6 is 23.4 Å². The summed E-state index contributed by atoms with van der Waals surface area (Å²) in [6, 6.07) is 3.36. The van der Waals surface area contributed by atoms with Crippen LogP contribution in [0.1, 0.15) is 43.8 Å². The fraction of sp³-hybridized carbons (Fsp3) is 0.444. The van der Waals surface area contributed by atoms with Crippen LogP contribution in [-0.2, 0) is 11.3 Å². The molecule has 1 saturated carbocycles. The molecule has 26 heavy (non-hydrogen) atoms. The van der Waals surface area contributed by atoms with E-state index in [9.17, 15) is 4.79 Å². The predicted molar refractivity (Wildman–Crippen MR) is 105 cm³/mol. The maximum atomic E-state index is 12.2. The molecule has 0 atom stereocenters. The molecule has 1 N–H and O–H groups in total. The minimum Gasteiger partial charge on any atom is -0.310 e. The fourth-order valence-corrected chi connectivity index (χ4v) is 4.00.